The highest BCUT2D eigenvalue weighted by Gasteiger charge is 2.64. The topological polar surface area (TPSA) is 209 Å². The summed E-state index contributed by atoms with van der Waals surface area (Å²) in [5, 5.41) is 5.14. The minimum atomic E-state index is -6.37. The summed E-state index contributed by atoms with van der Waals surface area (Å²) in [5.41, 5.74) is -6.64. The fourth-order valence-electron chi connectivity index (χ4n) is 11.7. The molecule has 8 bridgehead atoms. The van der Waals surface area contributed by atoms with E-state index in [9.17, 15) is 83.8 Å². The van der Waals surface area contributed by atoms with Crippen LogP contribution in [0, 0.1) is 35.5 Å². The van der Waals surface area contributed by atoms with Crippen molar-refractivity contribution in [3.63, 3.8) is 0 Å². The number of esters is 2. The molecule has 4 atom stereocenters. The number of ether oxygens (including phenoxy) is 2. The lowest BCUT2D eigenvalue weighted by Crippen LogP contribution is -2.58. The zero-order chi connectivity index (χ0) is 54.9. The lowest BCUT2D eigenvalue weighted by molar-refractivity contribution is -0.202. The molecule has 0 spiro atoms. The Labute approximate surface area is 418 Å². The summed E-state index contributed by atoms with van der Waals surface area (Å²) < 4.78 is 205. The van der Waals surface area contributed by atoms with Crippen molar-refractivity contribution in [2.75, 3.05) is 0 Å². The average molecular weight is 1110 g/mol. The van der Waals surface area contributed by atoms with Gasteiger partial charge in [-0.1, -0.05) is 87.0 Å². The van der Waals surface area contributed by atoms with Crippen LogP contribution in [0.25, 0.3) is 21.5 Å². The second-order valence-corrected chi connectivity index (χ2v) is 22.6. The molecule has 0 amide bonds. The van der Waals surface area contributed by atoms with Crippen molar-refractivity contribution in [1.29, 1.82) is 0 Å². The third kappa shape index (κ3) is 10.9. The van der Waals surface area contributed by atoms with Crippen LogP contribution in [0.3, 0.4) is 0 Å². The van der Waals surface area contributed by atoms with Crippen LogP contribution in [0.2, 0.25) is 0 Å². The molecule has 14 nitrogen and oxygen atoms in total. The molecule has 8 aliphatic carbocycles. The zero-order valence-electron chi connectivity index (χ0n) is 38.4. The summed E-state index contributed by atoms with van der Waals surface area (Å²) in [7, 11) is -12.7. The van der Waals surface area contributed by atoms with Crippen molar-refractivity contribution in [3.8, 4) is 0 Å². The molecule has 27 heteroatoms. The number of halogens is 11. The normalized spacial score (nSPS) is 27.6. The van der Waals surface area contributed by atoms with Crippen LogP contribution in [0.15, 0.2) is 95.2 Å². The van der Waals surface area contributed by atoms with E-state index in [1.165, 1.54) is 24.3 Å². The quantitative estimate of drug-likeness (QED) is 0.0393. The van der Waals surface area contributed by atoms with Gasteiger partial charge in [0.15, 0.2) is 11.4 Å². The Balaban J connectivity index is 0.000000165. The fourth-order valence-corrected chi connectivity index (χ4v) is 12.4. The predicted octanol–water partition coefficient (Wildman–Crippen LogP) is 9.89. The van der Waals surface area contributed by atoms with E-state index in [1.54, 1.807) is 48.5 Å². The SMILES string of the molecule is O/N=C(/c1ccc2ccccc2c1)C(F)(F)F.O=C1C2CC3CC1CC(OC(=O)C(F)(F)S(=O)(=O)F)(C3)C2.O=C1C2CC3CC1CC(OC(=O)C(F)(F)S(=O)(=O)O/N=C(/c1ccc4ccccc4c1)C(F)(F)F)(C3)C2. The highest BCUT2D eigenvalue weighted by Crippen LogP contribution is 2.57. The van der Waals surface area contributed by atoms with E-state index in [-0.39, 0.29) is 72.9 Å². The molecule has 4 unspecified atom stereocenters. The molecule has 404 valence electrons. The molecule has 4 aromatic rings. The molecular weight excluding hydrogens is 1070 g/mol. The van der Waals surface area contributed by atoms with Gasteiger partial charge in [-0.15, -0.1) is 0 Å². The Morgan fingerprint density at radius 2 is 0.893 bits per heavy atom. The Kier molecular flexibility index (Phi) is 14.2. The number of ketones is 2. The zero-order valence-corrected chi connectivity index (χ0v) is 40.1. The Morgan fingerprint density at radius 1 is 0.533 bits per heavy atom. The van der Waals surface area contributed by atoms with Gasteiger partial charge in [-0.05, 0) is 110 Å². The lowest BCUT2D eigenvalue weighted by Gasteiger charge is -2.54. The molecular formula is C48H41F11N2O12S2. The molecule has 0 aromatic heterocycles. The summed E-state index contributed by atoms with van der Waals surface area (Å²) in [6, 6.07) is 20.9. The minimum absolute atomic E-state index is 0.000103. The maximum absolute atomic E-state index is 14.7. The number of alkyl halides is 10. The van der Waals surface area contributed by atoms with Gasteiger partial charge >= 0.3 is 55.1 Å². The van der Waals surface area contributed by atoms with Crippen molar-refractivity contribution >= 4 is 76.8 Å². The smallest absolute Gasteiger partial charge is 0.454 e. The third-order valence-electron chi connectivity index (χ3n) is 14.5. The van der Waals surface area contributed by atoms with Crippen molar-refractivity contribution < 1.29 is 103 Å². The average Bonchev–Trinajstić information content (AvgIpc) is 3.31. The Morgan fingerprint density at radius 3 is 1.25 bits per heavy atom. The highest BCUT2D eigenvalue weighted by molar-refractivity contribution is 7.88. The molecule has 8 saturated carbocycles. The molecule has 0 radical (unpaired) electrons. The molecule has 1 N–H and O–H groups in total. The van der Waals surface area contributed by atoms with E-state index in [0.717, 1.165) is 17.5 Å². The Hall–Kier alpha value is -6.25. The van der Waals surface area contributed by atoms with Crippen LogP contribution < -0.4 is 0 Å². The molecule has 8 fully saturated rings. The third-order valence-corrected chi connectivity index (χ3v) is 16.3. The van der Waals surface area contributed by atoms with E-state index >= 15 is 0 Å². The monoisotopic (exact) mass is 1110 g/mol. The summed E-state index contributed by atoms with van der Waals surface area (Å²) in [6.07, 6.45) is -6.79. The fraction of sp³-hybridized carbons (Fsp3) is 0.458. The van der Waals surface area contributed by atoms with Crippen LogP contribution in [0.1, 0.15) is 75.3 Å². The molecule has 0 saturated heterocycles. The predicted molar refractivity (Wildman–Crippen MR) is 240 cm³/mol. The first-order valence-corrected chi connectivity index (χ1v) is 25.7. The lowest BCUT2D eigenvalue weighted by atomic mass is 9.53. The van der Waals surface area contributed by atoms with Gasteiger partial charge < -0.3 is 14.7 Å². The highest BCUT2D eigenvalue weighted by atomic mass is 32.3. The van der Waals surface area contributed by atoms with Gasteiger partial charge in [0.2, 0.25) is 0 Å². The number of Topliss-reactive ketones (excluding diaryl/α,β-unsaturated/α-hetero) is 2. The van der Waals surface area contributed by atoms with E-state index in [0.29, 0.717) is 48.3 Å². The van der Waals surface area contributed by atoms with Gasteiger partial charge in [0, 0.05) is 34.8 Å². The van der Waals surface area contributed by atoms with Crippen LogP contribution in [0.5, 0.6) is 0 Å². The van der Waals surface area contributed by atoms with Gasteiger partial charge in [0.1, 0.15) is 22.8 Å². The number of oxime groups is 2. The second kappa shape index (κ2) is 19.4. The number of fused-ring (bicyclic) bond motifs is 2. The number of carbonyl (C=O) groups excluding carboxylic acids is 4. The summed E-state index contributed by atoms with van der Waals surface area (Å²) in [4.78, 5) is 47.9. The van der Waals surface area contributed by atoms with Crippen LogP contribution >= 0.6 is 0 Å². The number of nitrogens with zero attached hydrogens (tertiary/aromatic N) is 2. The van der Waals surface area contributed by atoms with Crippen molar-refractivity contribution in [1.82, 2.24) is 0 Å². The van der Waals surface area contributed by atoms with E-state index < -0.39 is 95.2 Å². The maximum atomic E-state index is 14.7. The first-order chi connectivity index (χ1) is 34.8. The van der Waals surface area contributed by atoms with Gasteiger partial charge in [0.05, 0.1) is 0 Å². The molecule has 12 rings (SSSR count). The molecule has 75 heavy (non-hydrogen) atoms. The number of hydrogen-bond acceptors (Lipinski definition) is 14. The van der Waals surface area contributed by atoms with Gasteiger partial charge in [-0.2, -0.15) is 60.7 Å². The van der Waals surface area contributed by atoms with Crippen LogP contribution in [0.4, 0.5) is 47.8 Å². The van der Waals surface area contributed by atoms with Gasteiger partial charge in [-0.25, -0.2) is 9.59 Å². The van der Waals surface area contributed by atoms with E-state index in [1.807, 2.05) is 0 Å². The number of hydrogen-bond donors (Lipinski definition) is 1. The number of rotatable bonds is 10. The molecule has 8 aliphatic rings. The first-order valence-electron chi connectivity index (χ1n) is 22.9. The van der Waals surface area contributed by atoms with Gasteiger partial charge in [-0.3, -0.25) is 13.9 Å². The van der Waals surface area contributed by atoms with E-state index in [4.69, 9.17) is 14.7 Å². The standard InChI is InChI=1S/C24H20F5NO6S.C12H8F3NO.C12H13F3O5S/c25-23(26,27)20(16-6-5-14-3-1-2-4-15(14)9-16)30-36-37(33,34)24(28,29)21(32)35-22-10-13-7-17(11-22)19(31)18(8-13)12-22;13-12(14,15)11(16-17)10-6-5-8-3-1-2-4-9(8)7-10;13-12(14,21(15,18)19)10(17)20-11-3-6-1-7(4-11)9(16)8(2-6)5-11/h1-6,9,13,17-18H,7-8,10-12H2;1-7,17H;6-8H,1-5H2/b30-20-;16-11-;. The van der Waals surface area contributed by atoms with Crippen molar-refractivity contribution in [3.05, 3.63) is 96.1 Å². The van der Waals surface area contributed by atoms with E-state index in [2.05, 4.69) is 14.6 Å². The minimum Gasteiger partial charge on any atom is -0.454 e. The summed E-state index contributed by atoms with van der Waals surface area (Å²) in [6.45, 7) is 0. The van der Waals surface area contributed by atoms with Crippen LogP contribution in [-0.2, 0) is 53.3 Å². The second-order valence-electron chi connectivity index (χ2n) is 19.6. The Bertz CT molecular complexity index is 3220. The first kappa shape index (κ1) is 55.0. The molecule has 0 aliphatic heterocycles. The number of benzene rings is 4. The van der Waals surface area contributed by atoms with Gasteiger partial charge in [0.25, 0.3) is 0 Å². The summed E-state index contributed by atoms with van der Waals surface area (Å²) >= 11 is 0. The van der Waals surface area contributed by atoms with Crippen molar-refractivity contribution in [2.24, 2.45) is 45.8 Å². The maximum Gasteiger partial charge on any atom is 0.478 e. The summed E-state index contributed by atoms with van der Waals surface area (Å²) in [5.74, 6) is -6.33. The molecule has 0 heterocycles. The number of carbonyl (C=O) groups is 4. The largest absolute Gasteiger partial charge is 0.478 e. The molecule has 4 aromatic carbocycles. The van der Waals surface area contributed by atoms with Crippen molar-refractivity contribution in [2.45, 2.75) is 98.3 Å². The van der Waals surface area contributed by atoms with Crippen LogP contribution in [-0.4, -0.2) is 91.0 Å².